The van der Waals surface area contributed by atoms with Crippen molar-refractivity contribution in [3.05, 3.63) is 117 Å². The molecule has 2 aromatic carbocycles. The average Bonchev–Trinajstić information content (AvgIpc) is 3.93. The van der Waals surface area contributed by atoms with Gasteiger partial charge in [0.25, 0.3) is 0 Å². The van der Waals surface area contributed by atoms with Gasteiger partial charge in [0.05, 0.1) is 11.9 Å². The summed E-state index contributed by atoms with van der Waals surface area (Å²) in [6.45, 7) is 0. The standard InChI is InChI=1S/2C20H24BNO4S/c2*23-19(15-6-2-1-3-7-15)16-8-4-5-9-17(16)20(24)22-18(21(25)26)12-14-10-11-27-13-14/h2*1-3,6-7,10-11,13,16-18,25-26H,4-5,8-9,12H2,(H,22,24)/t16-,17-,18+;16-,17-,18-/m10/s1. The van der Waals surface area contributed by atoms with E-state index in [4.69, 9.17) is 0 Å². The van der Waals surface area contributed by atoms with E-state index >= 15 is 0 Å². The first kappa shape index (κ1) is 41.3. The van der Waals surface area contributed by atoms with Crippen molar-refractivity contribution in [2.75, 3.05) is 0 Å². The highest BCUT2D eigenvalue weighted by molar-refractivity contribution is 7.08. The fourth-order valence-electron chi connectivity index (χ4n) is 7.52. The first-order valence-electron chi connectivity index (χ1n) is 18.7. The van der Waals surface area contributed by atoms with E-state index in [1.807, 2.05) is 70.1 Å². The van der Waals surface area contributed by atoms with E-state index in [9.17, 15) is 39.3 Å². The van der Waals surface area contributed by atoms with Crippen molar-refractivity contribution in [2.24, 2.45) is 23.7 Å². The molecule has 6 rings (SSSR count). The number of Topliss-reactive ketones (excluding diaryl/α,β-unsaturated/α-hetero) is 2. The summed E-state index contributed by atoms with van der Waals surface area (Å²) < 4.78 is 0. The third-order valence-corrected chi connectivity index (χ3v) is 11.9. The highest BCUT2D eigenvalue weighted by Crippen LogP contribution is 2.34. The maximum absolute atomic E-state index is 12.9. The van der Waals surface area contributed by atoms with Crippen LogP contribution in [0.2, 0.25) is 0 Å². The van der Waals surface area contributed by atoms with Gasteiger partial charge in [-0.05, 0) is 83.3 Å². The average molecular weight is 771 g/mol. The van der Waals surface area contributed by atoms with Crippen molar-refractivity contribution < 1.29 is 39.3 Å². The molecule has 14 heteroatoms. The predicted molar refractivity (Wildman–Crippen MR) is 213 cm³/mol. The number of hydrogen-bond acceptors (Lipinski definition) is 10. The van der Waals surface area contributed by atoms with Crippen LogP contribution in [0.25, 0.3) is 0 Å². The first-order valence-corrected chi connectivity index (χ1v) is 20.5. The van der Waals surface area contributed by atoms with Crippen LogP contribution in [-0.2, 0) is 22.4 Å². The quantitative estimate of drug-likeness (QED) is 0.0772. The Morgan fingerprint density at radius 3 is 1.22 bits per heavy atom. The van der Waals surface area contributed by atoms with Gasteiger partial charge >= 0.3 is 14.2 Å². The van der Waals surface area contributed by atoms with Gasteiger partial charge in [-0.1, -0.05) is 86.3 Å². The normalized spacial score (nSPS) is 20.7. The monoisotopic (exact) mass is 770 g/mol. The zero-order valence-corrected chi connectivity index (χ0v) is 31.8. The Bertz CT molecular complexity index is 1630. The number of rotatable bonds is 14. The Balaban J connectivity index is 0.000000208. The van der Waals surface area contributed by atoms with Crippen molar-refractivity contribution in [3.8, 4) is 0 Å². The van der Waals surface area contributed by atoms with Gasteiger partial charge in [0.1, 0.15) is 0 Å². The van der Waals surface area contributed by atoms with Crippen LogP contribution < -0.4 is 10.6 Å². The van der Waals surface area contributed by atoms with Gasteiger partial charge in [0, 0.05) is 34.8 Å². The fourth-order valence-corrected chi connectivity index (χ4v) is 8.88. The molecule has 6 N–H and O–H groups in total. The van der Waals surface area contributed by atoms with Crippen molar-refractivity contribution in [2.45, 2.75) is 76.1 Å². The van der Waals surface area contributed by atoms with Crippen molar-refractivity contribution in [1.82, 2.24) is 10.6 Å². The molecule has 0 aliphatic heterocycles. The highest BCUT2D eigenvalue weighted by atomic mass is 32.1. The van der Waals surface area contributed by atoms with Gasteiger partial charge in [-0.15, -0.1) is 0 Å². The van der Waals surface area contributed by atoms with E-state index < -0.39 is 38.0 Å². The van der Waals surface area contributed by atoms with Crippen molar-refractivity contribution in [3.63, 3.8) is 0 Å². The molecule has 2 heterocycles. The van der Waals surface area contributed by atoms with Gasteiger partial charge in [0.15, 0.2) is 11.6 Å². The van der Waals surface area contributed by atoms with Crippen molar-refractivity contribution >= 4 is 60.3 Å². The lowest BCUT2D eigenvalue weighted by atomic mass is 9.73. The third kappa shape index (κ3) is 11.5. The summed E-state index contributed by atoms with van der Waals surface area (Å²) in [5.74, 6) is -3.72. The number of hydrogen-bond donors (Lipinski definition) is 6. The molecule has 0 saturated heterocycles. The van der Waals surface area contributed by atoms with Gasteiger partial charge in [-0.3, -0.25) is 19.2 Å². The summed E-state index contributed by atoms with van der Waals surface area (Å²) in [6, 6.07) is 21.9. The van der Waals surface area contributed by atoms with Crippen LogP contribution in [0.15, 0.2) is 94.3 Å². The molecular formula is C40H48B2N2O8S2. The lowest BCUT2D eigenvalue weighted by molar-refractivity contribution is -0.128. The molecule has 2 fully saturated rings. The molecular weight excluding hydrogens is 722 g/mol. The number of carbonyl (C=O) groups excluding carboxylic acids is 4. The second-order valence-electron chi connectivity index (χ2n) is 14.2. The SMILES string of the molecule is O=C(N[C@@H](Cc1ccsc1)B(O)O)[C@@H]1CCCC[C@H]1C(=O)c1ccccc1.O=C(N[C@@H](Cc1ccsc1)B(O)O)[C@H]1CCCC[C@@H]1C(=O)c1ccccc1. The van der Waals surface area contributed by atoms with Gasteiger partial charge in [0.2, 0.25) is 11.8 Å². The Morgan fingerprint density at radius 2 is 0.907 bits per heavy atom. The number of nitrogens with one attached hydrogen (secondary N) is 2. The minimum absolute atomic E-state index is 0.00520. The van der Waals surface area contributed by atoms with Crippen LogP contribution in [0.5, 0.6) is 0 Å². The maximum atomic E-state index is 12.9. The summed E-state index contributed by atoms with van der Waals surface area (Å²) in [7, 11) is -3.30. The molecule has 2 aliphatic carbocycles. The summed E-state index contributed by atoms with van der Waals surface area (Å²) in [6.07, 6.45) is 6.98. The summed E-state index contributed by atoms with van der Waals surface area (Å²) >= 11 is 3.04. The third-order valence-electron chi connectivity index (χ3n) is 10.4. The van der Waals surface area contributed by atoms with Crippen LogP contribution in [0.3, 0.4) is 0 Å². The molecule has 0 spiro atoms. The minimum atomic E-state index is -1.65. The topological polar surface area (TPSA) is 173 Å². The number of thiophene rings is 2. The van der Waals surface area contributed by atoms with Crippen LogP contribution in [0, 0.1) is 23.7 Å². The molecule has 2 aromatic heterocycles. The van der Waals surface area contributed by atoms with E-state index in [2.05, 4.69) is 10.6 Å². The summed E-state index contributed by atoms with van der Waals surface area (Å²) in [4.78, 5) is 51.6. The lowest BCUT2D eigenvalue weighted by Gasteiger charge is -2.31. The molecule has 4 aromatic rings. The Morgan fingerprint density at radius 1 is 0.556 bits per heavy atom. The zero-order valence-electron chi connectivity index (χ0n) is 30.2. The molecule has 0 bridgehead atoms. The zero-order chi connectivity index (χ0) is 38.5. The minimum Gasteiger partial charge on any atom is -0.426 e. The first-order chi connectivity index (χ1) is 26.1. The molecule has 2 aliphatic rings. The molecule has 2 saturated carbocycles. The second kappa shape index (κ2) is 20.7. The highest BCUT2D eigenvalue weighted by Gasteiger charge is 2.39. The number of carbonyl (C=O) groups is 4. The smallest absolute Gasteiger partial charge is 0.426 e. The lowest BCUT2D eigenvalue weighted by Crippen LogP contribution is -2.51. The maximum Gasteiger partial charge on any atom is 0.475 e. The molecule has 0 radical (unpaired) electrons. The van der Waals surface area contributed by atoms with Gasteiger partial charge in [-0.25, -0.2) is 0 Å². The van der Waals surface area contributed by atoms with Gasteiger partial charge in [-0.2, -0.15) is 22.7 Å². The summed E-state index contributed by atoms with van der Waals surface area (Å²) in [5.41, 5.74) is 3.14. The molecule has 284 valence electrons. The van der Waals surface area contributed by atoms with Crippen LogP contribution in [0.4, 0.5) is 0 Å². The van der Waals surface area contributed by atoms with E-state index in [-0.39, 0.29) is 35.2 Å². The molecule has 6 atom stereocenters. The Kier molecular flexibility index (Phi) is 15.8. The molecule has 54 heavy (non-hydrogen) atoms. The van der Waals surface area contributed by atoms with E-state index in [1.54, 1.807) is 24.3 Å². The van der Waals surface area contributed by atoms with Crippen LogP contribution >= 0.6 is 22.7 Å². The number of amides is 2. The Labute approximate surface area is 325 Å². The van der Waals surface area contributed by atoms with Crippen LogP contribution in [0.1, 0.15) is 83.2 Å². The van der Waals surface area contributed by atoms with Gasteiger partial charge < -0.3 is 30.7 Å². The largest absolute Gasteiger partial charge is 0.475 e. The van der Waals surface area contributed by atoms with Crippen LogP contribution in [-0.4, -0.2) is 69.6 Å². The summed E-state index contributed by atoms with van der Waals surface area (Å²) in [5, 5.41) is 52.0. The second-order valence-corrected chi connectivity index (χ2v) is 15.7. The van der Waals surface area contributed by atoms with E-state index in [0.717, 1.165) is 36.8 Å². The van der Waals surface area contributed by atoms with Crippen molar-refractivity contribution in [1.29, 1.82) is 0 Å². The predicted octanol–water partition coefficient (Wildman–Crippen LogP) is 4.95. The van der Waals surface area contributed by atoms with E-state index in [1.165, 1.54) is 22.7 Å². The number of benzene rings is 2. The number of ketones is 2. The van der Waals surface area contributed by atoms with E-state index in [0.29, 0.717) is 49.7 Å². The fraction of sp³-hybridized carbons (Fsp3) is 0.400. The molecule has 0 unspecified atom stereocenters. The molecule has 10 nitrogen and oxygen atoms in total. The molecule has 2 amide bonds. The Hall–Kier alpha value is -3.91.